The second-order valence-corrected chi connectivity index (χ2v) is 9.12. The molecule has 3 aliphatic heterocycles. The van der Waals surface area contributed by atoms with Crippen LogP contribution >= 0.6 is 11.8 Å². The van der Waals surface area contributed by atoms with Crippen LogP contribution in [0, 0.1) is 6.92 Å². The van der Waals surface area contributed by atoms with Crippen molar-refractivity contribution in [3.05, 3.63) is 55.7 Å². The van der Waals surface area contributed by atoms with Gasteiger partial charge in [0.25, 0.3) is 5.56 Å². The van der Waals surface area contributed by atoms with Gasteiger partial charge >= 0.3 is 5.97 Å². The van der Waals surface area contributed by atoms with Crippen LogP contribution in [0.1, 0.15) is 41.2 Å². The monoisotopic (exact) mass is 433 g/mol. The summed E-state index contributed by atoms with van der Waals surface area (Å²) in [6.07, 6.45) is 2.16. The first-order valence-electron chi connectivity index (χ1n) is 10.1. The van der Waals surface area contributed by atoms with E-state index in [0.717, 1.165) is 38.2 Å². The molecule has 3 aliphatic rings. The number of fused-ring (bicyclic) bond motifs is 5. The third kappa shape index (κ3) is 2.21. The van der Waals surface area contributed by atoms with Gasteiger partial charge in [0.15, 0.2) is 5.60 Å². The van der Waals surface area contributed by atoms with Crippen LogP contribution in [0.4, 0.5) is 5.69 Å². The van der Waals surface area contributed by atoms with Gasteiger partial charge in [-0.15, -0.1) is 0 Å². The highest BCUT2D eigenvalue weighted by Crippen LogP contribution is 2.46. The molecule has 0 unspecified atom stereocenters. The predicted octanol–water partition coefficient (Wildman–Crippen LogP) is 3.05. The number of hydrogen-bond acceptors (Lipinski definition) is 7. The second kappa shape index (κ2) is 5.99. The van der Waals surface area contributed by atoms with Gasteiger partial charge in [-0.3, -0.25) is 4.79 Å². The number of thioether (sulfide) groups is 1. The molecule has 0 saturated heterocycles. The minimum absolute atomic E-state index is 0.118. The average Bonchev–Trinajstić information content (AvgIpc) is 3.14. The number of rotatable bonds is 1. The summed E-state index contributed by atoms with van der Waals surface area (Å²) in [5, 5.41) is 14.0. The summed E-state index contributed by atoms with van der Waals surface area (Å²) >= 11 is 1.58. The highest BCUT2D eigenvalue weighted by molar-refractivity contribution is 8.02. The number of aromatic nitrogens is 2. The molecule has 3 N–H and O–H groups in total. The molecule has 0 spiro atoms. The quantitative estimate of drug-likeness (QED) is 0.351. The number of anilines is 1. The van der Waals surface area contributed by atoms with Crippen LogP contribution in [-0.4, -0.2) is 20.6 Å². The van der Waals surface area contributed by atoms with Gasteiger partial charge in [-0.05, 0) is 48.1 Å². The Hall–Kier alpha value is -3.10. The largest absolute Gasteiger partial charge is 0.458 e. The van der Waals surface area contributed by atoms with Crippen LogP contribution in [0.15, 0.2) is 27.2 Å². The summed E-state index contributed by atoms with van der Waals surface area (Å²) in [4.78, 5) is 31.6. The van der Waals surface area contributed by atoms with Gasteiger partial charge in [-0.1, -0.05) is 18.7 Å². The number of carbonyl (C=O) groups is 1. The van der Waals surface area contributed by atoms with Crippen molar-refractivity contribution in [2.45, 2.75) is 43.9 Å². The fourth-order valence-corrected chi connectivity index (χ4v) is 5.82. The van der Waals surface area contributed by atoms with E-state index in [1.807, 2.05) is 24.5 Å². The minimum atomic E-state index is -1.83. The van der Waals surface area contributed by atoms with Crippen molar-refractivity contribution in [1.82, 2.24) is 9.55 Å². The Morgan fingerprint density at radius 2 is 2.13 bits per heavy atom. The zero-order valence-corrected chi connectivity index (χ0v) is 17.8. The normalized spacial score (nSPS) is 20.4. The van der Waals surface area contributed by atoms with Crippen molar-refractivity contribution in [2.75, 3.05) is 5.73 Å². The van der Waals surface area contributed by atoms with Crippen molar-refractivity contribution in [1.29, 1.82) is 0 Å². The molecule has 0 aliphatic carbocycles. The number of esters is 1. The number of nitrogens with zero attached hydrogens (tertiary/aromatic N) is 2. The van der Waals surface area contributed by atoms with E-state index in [1.165, 1.54) is 0 Å². The Kier molecular flexibility index (Phi) is 3.60. The van der Waals surface area contributed by atoms with Crippen LogP contribution in [0.2, 0.25) is 0 Å². The van der Waals surface area contributed by atoms with E-state index in [-0.39, 0.29) is 18.6 Å². The Bertz CT molecular complexity index is 1460. The lowest BCUT2D eigenvalue weighted by Crippen LogP contribution is -2.44. The minimum Gasteiger partial charge on any atom is -0.458 e. The molecule has 0 radical (unpaired) electrons. The number of aliphatic hydroxyl groups is 1. The third-order valence-electron chi connectivity index (χ3n) is 6.64. The number of carbonyl (C=O) groups excluding carboxylic acids is 1. The van der Waals surface area contributed by atoms with Gasteiger partial charge in [0.05, 0.1) is 29.0 Å². The standard InChI is InChI=1S/C23H19N3O4S/c1-3-23(29)14-7-16-19-12(8-26(16)21(27)13(14)9-30-22(23)28)11-4-5-31-20-17(11)15(25-19)6-10(2)18(20)24/h4-7,29H,3,8-9,24H2,1-2H3/t23-/m0/s1. The van der Waals surface area contributed by atoms with Crippen LogP contribution in [0.3, 0.4) is 0 Å². The number of ether oxygens (including phenoxy) is 1. The Morgan fingerprint density at radius 1 is 1.32 bits per heavy atom. The maximum atomic E-state index is 13.4. The molecule has 3 aromatic rings. The van der Waals surface area contributed by atoms with Gasteiger partial charge in [-0.2, -0.15) is 0 Å². The molecule has 1 atom stereocenters. The molecule has 156 valence electrons. The van der Waals surface area contributed by atoms with Gasteiger partial charge in [-0.25, -0.2) is 9.78 Å². The first-order chi connectivity index (χ1) is 14.8. The number of pyridine rings is 2. The van der Waals surface area contributed by atoms with Crippen LogP contribution < -0.4 is 11.3 Å². The maximum Gasteiger partial charge on any atom is 0.343 e. The first kappa shape index (κ1) is 18.7. The molecule has 8 heteroatoms. The van der Waals surface area contributed by atoms with Crippen molar-refractivity contribution >= 4 is 40.4 Å². The molecule has 0 fully saturated rings. The third-order valence-corrected chi connectivity index (χ3v) is 7.57. The van der Waals surface area contributed by atoms with Crippen molar-refractivity contribution in [2.24, 2.45) is 0 Å². The molecule has 2 aromatic heterocycles. The Balaban J connectivity index is 1.70. The summed E-state index contributed by atoms with van der Waals surface area (Å²) in [5.41, 5.74) is 10.7. The highest BCUT2D eigenvalue weighted by atomic mass is 32.2. The van der Waals surface area contributed by atoms with E-state index in [2.05, 4.69) is 0 Å². The van der Waals surface area contributed by atoms with E-state index in [4.69, 9.17) is 15.5 Å². The van der Waals surface area contributed by atoms with E-state index in [9.17, 15) is 14.7 Å². The molecular formula is C23H19N3O4S. The number of benzene rings is 1. The summed E-state index contributed by atoms with van der Waals surface area (Å²) in [7, 11) is 0. The molecule has 6 rings (SSSR count). The van der Waals surface area contributed by atoms with E-state index >= 15 is 0 Å². The average molecular weight is 433 g/mol. The van der Waals surface area contributed by atoms with Gasteiger partial charge in [0, 0.05) is 27.1 Å². The molecule has 5 heterocycles. The van der Waals surface area contributed by atoms with Crippen molar-refractivity contribution in [3.63, 3.8) is 0 Å². The van der Waals surface area contributed by atoms with Crippen molar-refractivity contribution in [3.8, 4) is 11.4 Å². The summed E-state index contributed by atoms with van der Waals surface area (Å²) in [6.45, 7) is 3.89. The van der Waals surface area contributed by atoms with Crippen LogP contribution in [-0.2, 0) is 28.3 Å². The number of nitrogens with two attached hydrogens (primary N) is 1. The molecule has 0 bridgehead atoms. The van der Waals surface area contributed by atoms with Gasteiger partial charge < -0.3 is 20.1 Å². The fourth-order valence-electron chi connectivity index (χ4n) is 4.86. The summed E-state index contributed by atoms with van der Waals surface area (Å²) in [6, 6.07) is 3.71. The van der Waals surface area contributed by atoms with Crippen molar-refractivity contribution < 1.29 is 14.6 Å². The Morgan fingerprint density at radius 3 is 2.90 bits per heavy atom. The first-order valence-corrected chi connectivity index (χ1v) is 11.0. The van der Waals surface area contributed by atoms with Gasteiger partial charge in [0.2, 0.25) is 0 Å². The second-order valence-electron chi connectivity index (χ2n) is 8.21. The SMILES string of the molecule is CC[C@@]1(O)C(=O)OCc2c1cc1n(c2=O)Cc2c-1nc1cc(C)c(N)c3c1c2C=CS3. The number of nitrogen functional groups attached to an aromatic ring is 1. The van der Waals surface area contributed by atoms with E-state index in [0.29, 0.717) is 29.1 Å². The molecule has 1 aromatic carbocycles. The van der Waals surface area contributed by atoms with Gasteiger partial charge in [0.1, 0.15) is 6.61 Å². The smallest absolute Gasteiger partial charge is 0.343 e. The zero-order valence-electron chi connectivity index (χ0n) is 17.0. The summed E-state index contributed by atoms with van der Waals surface area (Å²) in [5.74, 6) is -0.720. The molecular weight excluding hydrogens is 414 g/mol. The lowest BCUT2D eigenvalue weighted by Gasteiger charge is -2.31. The molecule has 7 nitrogen and oxygen atoms in total. The fraction of sp³-hybridized carbons (Fsp3) is 0.261. The van der Waals surface area contributed by atoms with E-state index in [1.54, 1.807) is 29.3 Å². The number of cyclic esters (lactones) is 1. The zero-order chi connectivity index (χ0) is 21.7. The predicted molar refractivity (Wildman–Crippen MR) is 119 cm³/mol. The maximum absolute atomic E-state index is 13.4. The molecule has 0 amide bonds. The Labute approximate surface area is 181 Å². The molecule has 31 heavy (non-hydrogen) atoms. The lowest BCUT2D eigenvalue weighted by molar-refractivity contribution is -0.172. The number of aryl methyl sites for hydroxylation is 1. The summed E-state index contributed by atoms with van der Waals surface area (Å²) < 4.78 is 6.80. The number of hydrogen-bond donors (Lipinski definition) is 2. The highest BCUT2D eigenvalue weighted by Gasteiger charge is 2.45. The van der Waals surface area contributed by atoms with Crippen LogP contribution in [0.25, 0.3) is 28.4 Å². The lowest BCUT2D eigenvalue weighted by atomic mass is 9.86. The van der Waals surface area contributed by atoms with E-state index < -0.39 is 11.6 Å². The topological polar surface area (TPSA) is 107 Å². The van der Waals surface area contributed by atoms with Crippen LogP contribution in [0.5, 0.6) is 0 Å². The molecule has 0 saturated carbocycles.